The van der Waals surface area contributed by atoms with E-state index in [1.165, 1.54) is 10.1 Å². The van der Waals surface area contributed by atoms with Crippen molar-refractivity contribution < 1.29 is 9.53 Å². The number of aromatic nitrogens is 2. The first-order chi connectivity index (χ1) is 12.0. The minimum absolute atomic E-state index is 0.00223. The molecule has 1 N–H and O–H groups in total. The van der Waals surface area contributed by atoms with E-state index in [1.54, 1.807) is 13.0 Å². The van der Waals surface area contributed by atoms with Crippen molar-refractivity contribution in [3.63, 3.8) is 0 Å². The van der Waals surface area contributed by atoms with E-state index in [-0.39, 0.29) is 18.1 Å². The highest BCUT2D eigenvalue weighted by atomic mass is 16.5. The molecule has 1 aromatic heterocycles. The number of aryl methyl sites for hydroxylation is 2. The fourth-order valence-electron chi connectivity index (χ4n) is 3.16. The van der Waals surface area contributed by atoms with Crippen LogP contribution >= 0.6 is 0 Å². The van der Waals surface area contributed by atoms with Crippen LogP contribution in [-0.2, 0) is 17.8 Å². The summed E-state index contributed by atoms with van der Waals surface area (Å²) < 4.78 is 7.15. The summed E-state index contributed by atoms with van der Waals surface area (Å²) in [4.78, 5) is 28.1. The van der Waals surface area contributed by atoms with Gasteiger partial charge < -0.3 is 10.1 Å². The number of carbonyl (C=O) groups is 1. The largest absolute Gasteiger partial charge is 0.493 e. The van der Waals surface area contributed by atoms with Crippen LogP contribution in [0.15, 0.2) is 35.1 Å². The van der Waals surface area contributed by atoms with Crippen LogP contribution in [0.5, 0.6) is 5.75 Å². The van der Waals surface area contributed by atoms with Gasteiger partial charge in [-0.05, 0) is 50.3 Å². The number of ether oxygens (including phenoxy) is 1. The van der Waals surface area contributed by atoms with Gasteiger partial charge in [-0.1, -0.05) is 18.2 Å². The molecule has 1 amide bonds. The Balaban J connectivity index is 1.59. The lowest BCUT2D eigenvalue weighted by Gasteiger charge is -2.15. The minimum Gasteiger partial charge on any atom is -0.493 e. The molecular formula is C19H23N3O3. The van der Waals surface area contributed by atoms with Gasteiger partial charge in [-0.25, -0.2) is 4.79 Å². The second-order valence-corrected chi connectivity index (χ2v) is 6.53. The summed E-state index contributed by atoms with van der Waals surface area (Å²) in [6.45, 7) is 4.80. The SMILES string of the molecule is Cc1cc(C)n(CC(=O)NC[C@H]2CCOc3ccccc3C2)c(=O)n1. The molecule has 1 aromatic carbocycles. The van der Waals surface area contributed by atoms with Crippen molar-refractivity contribution in [2.24, 2.45) is 5.92 Å². The average molecular weight is 341 g/mol. The Hall–Kier alpha value is -2.63. The molecule has 0 radical (unpaired) electrons. The Morgan fingerprint density at radius 1 is 1.36 bits per heavy atom. The van der Waals surface area contributed by atoms with Crippen LogP contribution in [0.1, 0.15) is 23.4 Å². The maximum atomic E-state index is 12.2. The van der Waals surface area contributed by atoms with E-state index in [2.05, 4.69) is 16.4 Å². The van der Waals surface area contributed by atoms with Crippen LogP contribution in [0.4, 0.5) is 0 Å². The topological polar surface area (TPSA) is 73.2 Å². The number of amides is 1. The van der Waals surface area contributed by atoms with Gasteiger partial charge in [0.2, 0.25) is 5.91 Å². The van der Waals surface area contributed by atoms with Gasteiger partial charge in [0.05, 0.1) is 6.61 Å². The van der Waals surface area contributed by atoms with E-state index in [0.717, 1.165) is 24.3 Å². The van der Waals surface area contributed by atoms with Gasteiger partial charge in [0.15, 0.2) is 0 Å². The summed E-state index contributed by atoms with van der Waals surface area (Å²) in [5.41, 5.74) is 2.19. The van der Waals surface area contributed by atoms with Crippen LogP contribution in [0.3, 0.4) is 0 Å². The van der Waals surface area contributed by atoms with Crippen molar-refractivity contribution in [1.82, 2.24) is 14.9 Å². The van der Waals surface area contributed by atoms with Crippen molar-refractivity contribution in [2.45, 2.75) is 33.2 Å². The number of hydrogen-bond acceptors (Lipinski definition) is 4. The highest BCUT2D eigenvalue weighted by Gasteiger charge is 2.18. The third-order valence-electron chi connectivity index (χ3n) is 4.50. The standard InChI is InChI=1S/C19H23N3O3/c1-13-9-14(2)22(19(24)21-13)12-18(23)20-11-15-7-8-25-17-6-4-3-5-16(17)10-15/h3-6,9,15H,7-8,10-12H2,1-2H3,(H,20,23)/t15-/m0/s1. The maximum absolute atomic E-state index is 12.2. The summed E-state index contributed by atoms with van der Waals surface area (Å²) in [6, 6.07) is 9.82. The monoisotopic (exact) mass is 341 g/mol. The van der Waals surface area contributed by atoms with Crippen LogP contribution in [0, 0.1) is 19.8 Å². The first kappa shape index (κ1) is 17.2. The van der Waals surface area contributed by atoms with Crippen LogP contribution in [-0.4, -0.2) is 28.6 Å². The lowest BCUT2D eigenvalue weighted by Crippen LogP contribution is -2.37. The fraction of sp³-hybridized carbons (Fsp3) is 0.421. The van der Waals surface area contributed by atoms with Gasteiger partial charge in [0.25, 0.3) is 0 Å². The number of carbonyl (C=O) groups excluding carboxylic acids is 1. The Labute approximate surface area is 146 Å². The molecule has 0 saturated heterocycles. The number of para-hydroxylation sites is 1. The summed E-state index contributed by atoms with van der Waals surface area (Å²) in [5.74, 6) is 1.08. The zero-order valence-electron chi connectivity index (χ0n) is 14.6. The van der Waals surface area contributed by atoms with Crippen molar-refractivity contribution in [3.05, 3.63) is 57.8 Å². The Kier molecular flexibility index (Phi) is 5.16. The average Bonchev–Trinajstić information content (AvgIpc) is 2.78. The molecule has 1 aliphatic heterocycles. The van der Waals surface area contributed by atoms with Gasteiger partial charge >= 0.3 is 5.69 Å². The molecule has 3 rings (SSSR count). The Morgan fingerprint density at radius 2 is 2.16 bits per heavy atom. The molecule has 0 unspecified atom stereocenters. The predicted octanol–water partition coefficient (Wildman–Crippen LogP) is 1.62. The van der Waals surface area contributed by atoms with Crippen molar-refractivity contribution in [3.8, 4) is 5.75 Å². The quantitative estimate of drug-likeness (QED) is 0.917. The summed E-state index contributed by atoms with van der Waals surface area (Å²) >= 11 is 0. The Bertz CT molecular complexity index is 829. The molecular weight excluding hydrogens is 318 g/mol. The second-order valence-electron chi connectivity index (χ2n) is 6.53. The minimum atomic E-state index is -0.385. The van der Waals surface area contributed by atoms with E-state index in [1.807, 2.05) is 25.1 Å². The van der Waals surface area contributed by atoms with E-state index in [4.69, 9.17) is 4.74 Å². The third-order valence-corrected chi connectivity index (χ3v) is 4.50. The van der Waals surface area contributed by atoms with E-state index < -0.39 is 0 Å². The molecule has 132 valence electrons. The fourth-order valence-corrected chi connectivity index (χ4v) is 3.16. The Morgan fingerprint density at radius 3 is 2.96 bits per heavy atom. The lowest BCUT2D eigenvalue weighted by atomic mass is 9.97. The maximum Gasteiger partial charge on any atom is 0.348 e. The van der Waals surface area contributed by atoms with Gasteiger partial charge in [0.1, 0.15) is 12.3 Å². The summed E-state index contributed by atoms with van der Waals surface area (Å²) in [6.07, 6.45) is 1.77. The lowest BCUT2D eigenvalue weighted by molar-refractivity contribution is -0.122. The molecule has 6 nitrogen and oxygen atoms in total. The van der Waals surface area contributed by atoms with E-state index >= 15 is 0 Å². The zero-order chi connectivity index (χ0) is 17.8. The van der Waals surface area contributed by atoms with E-state index in [9.17, 15) is 9.59 Å². The number of benzene rings is 1. The number of rotatable bonds is 4. The number of nitrogens with zero attached hydrogens (tertiary/aromatic N) is 2. The predicted molar refractivity (Wildman–Crippen MR) is 94.7 cm³/mol. The highest BCUT2D eigenvalue weighted by Crippen LogP contribution is 2.26. The normalized spacial score (nSPS) is 16.5. The molecule has 1 atom stereocenters. The van der Waals surface area contributed by atoms with Gasteiger partial charge in [0, 0.05) is 17.9 Å². The molecule has 0 bridgehead atoms. The summed E-state index contributed by atoms with van der Waals surface area (Å²) in [5, 5.41) is 2.95. The van der Waals surface area contributed by atoms with Crippen LogP contribution in [0.2, 0.25) is 0 Å². The van der Waals surface area contributed by atoms with Crippen molar-refractivity contribution in [2.75, 3.05) is 13.2 Å². The summed E-state index contributed by atoms with van der Waals surface area (Å²) in [7, 11) is 0. The van der Waals surface area contributed by atoms with E-state index in [0.29, 0.717) is 24.8 Å². The van der Waals surface area contributed by atoms with Crippen LogP contribution in [0.25, 0.3) is 0 Å². The van der Waals surface area contributed by atoms with Crippen molar-refractivity contribution >= 4 is 5.91 Å². The molecule has 2 aromatic rings. The third kappa shape index (κ3) is 4.26. The molecule has 0 saturated carbocycles. The second kappa shape index (κ2) is 7.51. The number of hydrogen-bond donors (Lipinski definition) is 1. The molecule has 0 aliphatic carbocycles. The highest BCUT2D eigenvalue weighted by molar-refractivity contribution is 5.75. The molecule has 6 heteroatoms. The van der Waals surface area contributed by atoms with Crippen molar-refractivity contribution in [1.29, 1.82) is 0 Å². The number of fused-ring (bicyclic) bond motifs is 1. The smallest absolute Gasteiger partial charge is 0.348 e. The molecule has 2 heterocycles. The first-order valence-electron chi connectivity index (χ1n) is 8.55. The van der Waals surface area contributed by atoms with Gasteiger partial charge in [-0.15, -0.1) is 0 Å². The molecule has 0 spiro atoms. The van der Waals surface area contributed by atoms with Gasteiger partial charge in [-0.3, -0.25) is 9.36 Å². The number of nitrogens with one attached hydrogen (secondary N) is 1. The molecule has 25 heavy (non-hydrogen) atoms. The zero-order valence-corrected chi connectivity index (χ0v) is 14.6. The molecule has 0 fully saturated rings. The molecule has 1 aliphatic rings. The van der Waals surface area contributed by atoms with Gasteiger partial charge in [-0.2, -0.15) is 4.98 Å². The van der Waals surface area contributed by atoms with Crippen LogP contribution < -0.4 is 15.7 Å². The first-order valence-corrected chi connectivity index (χ1v) is 8.55.